The molecule has 5 nitrogen and oxygen atoms in total. The lowest BCUT2D eigenvalue weighted by Crippen LogP contribution is -2.54. The summed E-state index contributed by atoms with van der Waals surface area (Å²) in [6, 6.07) is 13.7. The van der Waals surface area contributed by atoms with Crippen molar-refractivity contribution in [2.75, 3.05) is 13.7 Å². The fourth-order valence-corrected chi connectivity index (χ4v) is 6.35. The summed E-state index contributed by atoms with van der Waals surface area (Å²) in [5.41, 5.74) is 0.0632. The molecule has 2 aliphatic carbocycles. The van der Waals surface area contributed by atoms with Crippen LogP contribution in [0.3, 0.4) is 0 Å². The molecule has 0 aromatic heterocycles. The Morgan fingerprint density at radius 1 is 1.17 bits per heavy atom. The lowest BCUT2D eigenvalue weighted by Gasteiger charge is -2.42. The van der Waals surface area contributed by atoms with Crippen LogP contribution < -0.4 is 0 Å². The van der Waals surface area contributed by atoms with Gasteiger partial charge in [0.2, 0.25) is 5.91 Å². The average molecular weight is 393 g/mol. The van der Waals surface area contributed by atoms with E-state index in [9.17, 15) is 9.59 Å². The molecule has 1 aliphatic heterocycles. The third kappa shape index (κ3) is 2.31. The summed E-state index contributed by atoms with van der Waals surface area (Å²) in [5.74, 6) is 0.306. The molecular formula is C24H27NO4. The van der Waals surface area contributed by atoms with E-state index < -0.39 is 17.6 Å². The Morgan fingerprint density at radius 3 is 2.69 bits per heavy atom. The second-order valence-electron chi connectivity index (χ2n) is 9.22. The number of cyclic esters (lactones) is 1. The Labute approximate surface area is 171 Å². The van der Waals surface area contributed by atoms with Crippen LogP contribution in [-0.2, 0) is 14.3 Å². The highest BCUT2D eigenvalue weighted by molar-refractivity contribution is 5.99. The molecule has 2 aromatic rings. The van der Waals surface area contributed by atoms with E-state index in [1.165, 1.54) is 4.90 Å². The molecule has 1 heterocycles. The van der Waals surface area contributed by atoms with E-state index in [1.54, 1.807) is 7.11 Å². The maximum Gasteiger partial charge on any atom is 0.417 e. The molecule has 0 N–H and O–H groups in total. The Hall–Kier alpha value is -2.40. The minimum absolute atomic E-state index is 0.130. The molecule has 2 amide bonds. The van der Waals surface area contributed by atoms with Gasteiger partial charge in [-0.1, -0.05) is 56.3 Å². The Kier molecular flexibility index (Phi) is 4.04. The Balaban J connectivity index is 1.61. The molecule has 2 saturated carbocycles. The van der Waals surface area contributed by atoms with Crippen molar-refractivity contribution in [3.8, 4) is 0 Å². The second-order valence-corrected chi connectivity index (χ2v) is 9.22. The van der Waals surface area contributed by atoms with Crippen molar-refractivity contribution in [3.63, 3.8) is 0 Å². The summed E-state index contributed by atoms with van der Waals surface area (Å²) in [7, 11) is 1.68. The van der Waals surface area contributed by atoms with Gasteiger partial charge in [-0.15, -0.1) is 0 Å². The quantitative estimate of drug-likeness (QED) is 0.758. The molecule has 29 heavy (non-hydrogen) atoms. The maximum absolute atomic E-state index is 14.1. The molecule has 2 aromatic carbocycles. The number of hydrogen-bond donors (Lipinski definition) is 0. The molecule has 0 spiro atoms. The second kappa shape index (κ2) is 6.30. The summed E-state index contributed by atoms with van der Waals surface area (Å²) in [5, 5.41) is 2.14. The lowest BCUT2D eigenvalue weighted by molar-refractivity contribution is -0.154. The van der Waals surface area contributed by atoms with Gasteiger partial charge in [0.25, 0.3) is 0 Å². The van der Waals surface area contributed by atoms with Crippen LogP contribution in [0.25, 0.3) is 10.8 Å². The predicted octanol–water partition coefficient (Wildman–Crippen LogP) is 4.70. The third-order valence-corrected chi connectivity index (χ3v) is 8.05. The van der Waals surface area contributed by atoms with Gasteiger partial charge in [0.05, 0.1) is 11.5 Å². The van der Waals surface area contributed by atoms with E-state index in [1.807, 2.05) is 42.5 Å². The van der Waals surface area contributed by atoms with Gasteiger partial charge in [-0.2, -0.15) is 0 Å². The van der Waals surface area contributed by atoms with Crippen LogP contribution in [0, 0.1) is 16.7 Å². The van der Waals surface area contributed by atoms with E-state index in [0.717, 1.165) is 35.6 Å². The van der Waals surface area contributed by atoms with Crippen LogP contribution in [0.2, 0.25) is 0 Å². The van der Waals surface area contributed by atoms with Crippen molar-refractivity contribution >= 4 is 22.8 Å². The molecule has 5 rings (SSSR count). The van der Waals surface area contributed by atoms with Crippen LogP contribution in [-0.4, -0.2) is 36.7 Å². The highest BCUT2D eigenvalue weighted by atomic mass is 16.6. The van der Waals surface area contributed by atoms with E-state index in [0.29, 0.717) is 5.92 Å². The number of imide groups is 1. The Morgan fingerprint density at radius 2 is 1.93 bits per heavy atom. The van der Waals surface area contributed by atoms with Gasteiger partial charge in [-0.3, -0.25) is 4.79 Å². The molecular weight excluding hydrogens is 366 g/mol. The van der Waals surface area contributed by atoms with Gasteiger partial charge in [0.1, 0.15) is 12.6 Å². The number of benzene rings is 2. The van der Waals surface area contributed by atoms with Crippen molar-refractivity contribution in [1.29, 1.82) is 0 Å². The predicted molar refractivity (Wildman–Crippen MR) is 109 cm³/mol. The van der Waals surface area contributed by atoms with Crippen LogP contribution in [0.5, 0.6) is 0 Å². The fourth-order valence-electron chi connectivity index (χ4n) is 6.35. The summed E-state index contributed by atoms with van der Waals surface area (Å²) in [4.78, 5) is 28.3. The number of fused-ring (bicyclic) bond motifs is 3. The van der Waals surface area contributed by atoms with Gasteiger partial charge in [-0.25, -0.2) is 9.69 Å². The largest absolute Gasteiger partial charge is 0.446 e. The molecule has 2 bridgehead atoms. The number of methoxy groups -OCH3 is 1. The fraction of sp³-hybridized carbons (Fsp3) is 0.500. The van der Waals surface area contributed by atoms with E-state index in [4.69, 9.17) is 9.47 Å². The number of carbonyl (C=O) groups excluding carboxylic acids is 2. The van der Waals surface area contributed by atoms with Crippen molar-refractivity contribution in [1.82, 2.24) is 4.90 Å². The van der Waals surface area contributed by atoms with Crippen LogP contribution >= 0.6 is 0 Å². The molecule has 4 atom stereocenters. The average Bonchev–Trinajstić information content (AvgIpc) is 3.31. The number of ether oxygens (including phenoxy) is 2. The van der Waals surface area contributed by atoms with Gasteiger partial charge in [0, 0.05) is 7.11 Å². The van der Waals surface area contributed by atoms with E-state index in [-0.39, 0.29) is 24.0 Å². The van der Waals surface area contributed by atoms with Gasteiger partial charge >= 0.3 is 6.09 Å². The molecule has 3 fully saturated rings. The topological polar surface area (TPSA) is 55.8 Å². The minimum atomic E-state index is -0.682. The number of amides is 2. The van der Waals surface area contributed by atoms with Gasteiger partial charge in [0.15, 0.2) is 0 Å². The molecule has 152 valence electrons. The summed E-state index contributed by atoms with van der Waals surface area (Å²) < 4.78 is 11.2. The van der Waals surface area contributed by atoms with Crippen LogP contribution in [0.4, 0.5) is 4.79 Å². The summed E-state index contributed by atoms with van der Waals surface area (Å²) in [6.45, 7) is 4.52. The van der Waals surface area contributed by atoms with Crippen molar-refractivity contribution in [2.24, 2.45) is 16.7 Å². The minimum Gasteiger partial charge on any atom is -0.446 e. The zero-order chi connectivity index (χ0) is 20.4. The summed E-state index contributed by atoms with van der Waals surface area (Å²) in [6.07, 6.45) is 1.93. The normalized spacial score (nSPS) is 32.7. The first-order valence-corrected chi connectivity index (χ1v) is 10.4. The first kappa shape index (κ1) is 18.6. The summed E-state index contributed by atoms with van der Waals surface area (Å²) >= 11 is 0. The number of nitrogens with zero attached hydrogens (tertiary/aromatic N) is 1. The van der Waals surface area contributed by atoms with Gasteiger partial charge in [-0.05, 0) is 46.9 Å². The molecule has 1 saturated heterocycles. The molecule has 0 radical (unpaired) electrons. The monoisotopic (exact) mass is 393 g/mol. The molecule has 3 aliphatic rings. The molecule has 5 heteroatoms. The highest BCUT2D eigenvalue weighted by Crippen LogP contribution is 2.67. The van der Waals surface area contributed by atoms with Gasteiger partial charge < -0.3 is 9.47 Å². The van der Waals surface area contributed by atoms with Crippen LogP contribution in [0.1, 0.15) is 44.7 Å². The van der Waals surface area contributed by atoms with Crippen molar-refractivity contribution in [3.05, 3.63) is 48.0 Å². The SMILES string of the molecule is CO[C@@H]1C[C@H]2CC[C@]1(C(=O)N1C(=O)OC[C@H]1c1cccc3ccccc13)C2(C)C. The lowest BCUT2D eigenvalue weighted by atomic mass is 9.67. The van der Waals surface area contributed by atoms with E-state index >= 15 is 0 Å². The standard InChI is InChI=1S/C24H27NO4/c1-23(2)16-11-12-24(23,20(13-16)28-3)21(26)25-19(14-29-22(25)27)18-10-6-8-15-7-4-5-9-17(15)18/h4-10,16,19-20H,11-14H2,1-3H3/t16-,19+,20-,24+/m1/s1. The van der Waals surface area contributed by atoms with Crippen molar-refractivity contribution < 1.29 is 19.1 Å². The highest BCUT2D eigenvalue weighted by Gasteiger charge is 2.70. The number of carbonyl (C=O) groups is 2. The van der Waals surface area contributed by atoms with Crippen LogP contribution in [0.15, 0.2) is 42.5 Å². The molecule has 0 unspecified atom stereocenters. The number of hydrogen-bond acceptors (Lipinski definition) is 4. The van der Waals surface area contributed by atoms with E-state index in [2.05, 4.69) is 13.8 Å². The Bertz CT molecular complexity index is 994. The zero-order valence-corrected chi connectivity index (χ0v) is 17.2. The first-order valence-electron chi connectivity index (χ1n) is 10.4. The smallest absolute Gasteiger partial charge is 0.417 e. The first-order chi connectivity index (χ1) is 13.9. The van der Waals surface area contributed by atoms with Crippen molar-refractivity contribution in [2.45, 2.75) is 45.3 Å². The zero-order valence-electron chi connectivity index (χ0n) is 17.2. The number of rotatable bonds is 3. The third-order valence-electron chi connectivity index (χ3n) is 8.05. The maximum atomic E-state index is 14.1.